The van der Waals surface area contributed by atoms with Gasteiger partial charge in [0.05, 0.1) is 12.1 Å². The first-order valence-corrected chi connectivity index (χ1v) is 5.19. The number of amides is 1. The van der Waals surface area contributed by atoms with Crippen LogP contribution in [0.25, 0.3) is 0 Å². The van der Waals surface area contributed by atoms with Crippen molar-refractivity contribution in [2.45, 2.75) is 13.8 Å². The summed E-state index contributed by atoms with van der Waals surface area (Å²) in [5.74, 6) is 2.36. The molecule has 3 heteroatoms. The van der Waals surface area contributed by atoms with E-state index in [0.29, 0.717) is 24.3 Å². The second-order valence-electron chi connectivity index (χ2n) is 3.56. The van der Waals surface area contributed by atoms with Crippen LogP contribution in [-0.2, 0) is 0 Å². The highest BCUT2D eigenvalue weighted by atomic mass is 16.2. The van der Waals surface area contributed by atoms with E-state index in [4.69, 9.17) is 12.2 Å². The Morgan fingerprint density at radius 3 is 2.81 bits per heavy atom. The van der Waals surface area contributed by atoms with Gasteiger partial charge in [0, 0.05) is 12.2 Å². The molecule has 0 aliphatic heterocycles. The Bertz CT molecular complexity index is 432. The molecule has 0 bridgehead atoms. The molecule has 0 radical (unpaired) electrons. The zero-order valence-corrected chi connectivity index (χ0v) is 9.66. The molecule has 0 aromatic heterocycles. The van der Waals surface area contributed by atoms with E-state index in [9.17, 15) is 4.79 Å². The topological polar surface area (TPSA) is 46.3 Å². The summed E-state index contributed by atoms with van der Waals surface area (Å²) >= 11 is 0. The van der Waals surface area contributed by atoms with Gasteiger partial charge in [-0.15, -0.1) is 6.42 Å². The summed E-state index contributed by atoms with van der Waals surface area (Å²) in [6.07, 6.45) is 5.21. The average molecular weight is 216 g/mol. The lowest BCUT2D eigenvalue weighted by Gasteiger charge is -2.19. The number of aryl methyl sites for hydroxylation is 1. The van der Waals surface area contributed by atoms with E-state index in [-0.39, 0.29) is 5.91 Å². The van der Waals surface area contributed by atoms with Crippen LogP contribution in [0.1, 0.15) is 22.8 Å². The Labute approximate surface area is 96.2 Å². The third-order valence-electron chi connectivity index (χ3n) is 2.51. The van der Waals surface area contributed by atoms with Crippen LogP contribution >= 0.6 is 0 Å². The molecule has 0 fully saturated rings. The fraction of sp³-hybridized carbons (Fsp3) is 0.308. The molecule has 2 N–H and O–H groups in total. The summed E-state index contributed by atoms with van der Waals surface area (Å²) in [4.78, 5) is 13.7. The second kappa shape index (κ2) is 5.22. The summed E-state index contributed by atoms with van der Waals surface area (Å²) in [6.45, 7) is 4.66. The van der Waals surface area contributed by atoms with Crippen molar-refractivity contribution in [3.05, 3.63) is 29.3 Å². The number of carbonyl (C=O) groups excluding carboxylic acids is 1. The molecule has 1 aromatic rings. The molecule has 0 atom stereocenters. The van der Waals surface area contributed by atoms with E-state index in [1.54, 1.807) is 11.0 Å². The minimum Gasteiger partial charge on any atom is -0.398 e. The fourth-order valence-corrected chi connectivity index (χ4v) is 1.47. The molecule has 16 heavy (non-hydrogen) atoms. The molecule has 84 valence electrons. The lowest BCUT2D eigenvalue weighted by atomic mass is 10.1. The van der Waals surface area contributed by atoms with Crippen molar-refractivity contribution < 1.29 is 4.79 Å². The Hall–Kier alpha value is -1.95. The molecular weight excluding hydrogens is 200 g/mol. The molecule has 0 aliphatic carbocycles. The number of nitrogens with zero attached hydrogens (tertiary/aromatic N) is 1. The number of benzene rings is 1. The molecule has 0 aliphatic rings. The molecule has 3 nitrogen and oxygen atoms in total. The quantitative estimate of drug-likeness (QED) is 0.617. The van der Waals surface area contributed by atoms with Crippen LogP contribution in [0.5, 0.6) is 0 Å². The van der Waals surface area contributed by atoms with Crippen LogP contribution in [0.3, 0.4) is 0 Å². The number of terminal acetylenes is 1. The maximum absolute atomic E-state index is 12.1. The Morgan fingerprint density at radius 1 is 1.56 bits per heavy atom. The maximum atomic E-state index is 12.1. The smallest absolute Gasteiger partial charge is 0.256 e. The predicted octanol–water partition coefficient (Wildman–Crippen LogP) is 1.67. The van der Waals surface area contributed by atoms with Crippen molar-refractivity contribution in [2.75, 3.05) is 18.8 Å². The first-order chi connectivity index (χ1) is 7.61. The number of carbonyl (C=O) groups is 1. The normalized spacial score (nSPS) is 9.56. The van der Waals surface area contributed by atoms with Crippen molar-refractivity contribution in [2.24, 2.45) is 0 Å². The minimum atomic E-state index is -0.110. The van der Waals surface area contributed by atoms with E-state index < -0.39 is 0 Å². The number of nitrogen functional groups attached to an aromatic ring is 1. The van der Waals surface area contributed by atoms with Gasteiger partial charge in [-0.25, -0.2) is 0 Å². The zero-order valence-electron chi connectivity index (χ0n) is 9.66. The molecule has 1 amide bonds. The van der Waals surface area contributed by atoms with Crippen molar-refractivity contribution in [3.8, 4) is 12.3 Å². The summed E-state index contributed by atoms with van der Waals surface area (Å²) in [7, 11) is 0. The van der Waals surface area contributed by atoms with E-state index in [2.05, 4.69) is 5.92 Å². The van der Waals surface area contributed by atoms with Crippen molar-refractivity contribution in [1.29, 1.82) is 0 Å². The molecule has 0 heterocycles. The van der Waals surface area contributed by atoms with Crippen LogP contribution in [-0.4, -0.2) is 23.9 Å². The first-order valence-electron chi connectivity index (χ1n) is 5.19. The van der Waals surface area contributed by atoms with Gasteiger partial charge in [0.1, 0.15) is 0 Å². The van der Waals surface area contributed by atoms with Gasteiger partial charge in [-0.3, -0.25) is 4.79 Å². The first kappa shape index (κ1) is 12.1. The Balaban J connectivity index is 3.05. The van der Waals surface area contributed by atoms with Crippen LogP contribution in [0.2, 0.25) is 0 Å². The van der Waals surface area contributed by atoms with Crippen LogP contribution in [0, 0.1) is 19.3 Å². The largest absolute Gasteiger partial charge is 0.398 e. The number of hydrogen-bond acceptors (Lipinski definition) is 2. The Kier molecular flexibility index (Phi) is 3.96. The summed E-state index contributed by atoms with van der Waals surface area (Å²) < 4.78 is 0. The van der Waals surface area contributed by atoms with Crippen molar-refractivity contribution in [3.63, 3.8) is 0 Å². The number of rotatable bonds is 3. The molecule has 0 spiro atoms. The molecule has 0 unspecified atom stereocenters. The molecule has 1 rings (SSSR count). The third-order valence-corrected chi connectivity index (χ3v) is 2.51. The number of nitrogens with two attached hydrogens (primary N) is 1. The van der Waals surface area contributed by atoms with Crippen LogP contribution in [0.15, 0.2) is 18.2 Å². The van der Waals surface area contributed by atoms with Crippen LogP contribution < -0.4 is 5.73 Å². The van der Waals surface area contributed by atoms with Gasteiger partial charge < -0.3 is 10.6 Å². The highest BCUT2D eigenvalue weighted by molar-refractivity contribution is 5.99. The minimum absolute atomic E-state index is 0.110. The van der Waals surface area contributed by atoms with E-state index >= 15 is 0 Å². The van der Waals surface area contributed by atoms with Gasteiger partial charge in [-0.05, 0) is 25.5 Å². The van der Waals surface area contributed by atoms with Crippen molar-refractivity contribution >= 4 is 11.6 Å². The molecule has 1 aromatic carbocycles. The zero-order chi connectivity index (χ0) is 12.1. The molecule has 0 saturated carbocycles. The lowest BCUT2D eigenvalue weighted by molar-refractivity contribution is 0.0786. The fourth-order valence-electron chi connectivity index (χ4n) is 1.47. The lowest BCUT2D eigenvalue weighted by Crippen LogP contribution is -2.31. The van der Waals surface area contributed by atoms with Gasteiger partial charge in [0.15, 0.2) is 0 Å². The number of para-hydroxylation sites is 1. The summed E-state index contributed by atoms with van der Waals surface area (Å²) in [6, 6.07) is 5.43. The van der Waals surface area contributed by atoms with E-state index in [1.165, 1.54) is 0 Å². The number of anilines is 1. The van der Waals surface area contributed by atoms with Gasteiger partial charge in [-0.1, -0.05) is 18.1 Å². The summed E-state index contributed by atoms with van der Waals surface area (Å²) in [5, 5.41) is 0. The van der Waals surface area contributed by atoms with Gasteiger partial charge in [0.25, 0.3) is 5.91 Å². The van der Waals surface area contributed by atoms with Crippen molar-refractivity contribution in [1.82, 2.24) is 4.90 Å². The highest BCUT2D eigenvalue weighted by Crippen LogP contribution is 2.18. The van der Waals surface area contributed by atoms with Gasteiger partial charge >= 0.3 is 0 Å². The van der Waals surface area contributed by atoms with Gasteiger partial charge in [-0.2, -0.15) is 0 Å². The monoisotopic (exact) mass is 216 g/mol. The standard InChI is InChI=1S/C13H16N2O/c1-4-9-15(5-2)13(16)11-8-6-7-10(3)12(11)14/h1,6-8H,5,9,14H2,2-3H3. The summed E-state index contributed by atoms with van der Waals surface area (Å²) in [5.41, 5.74) is 7.83. The maximum Gasteiger partial charge on any atom is 0.256 e. The van der Waals surface area contributed by atoms with E-state index in [1.807, 2.05) is 26.0 Å². The number of hydrogen-bond donors (Lipinski definition) is 1. The highest BCUT2D eigenvalue weighted by Gasteiger charge is 2.16. The molecule has 0 saturated heterocycles. The van der Waals surface area contributed by atoms with Crippen LogP contribution in [0.4, 0.5) is 5.69 Å². The van der Waals surface area contributed by atoms with E-state index in [0.717, 1.165) is 5.56 Å². The Morgan fingerprint density at radius 2 is 2.25 bits per heavy atom. The SMILES string of the molecule is C#CCN(CC)C(=O)c1cccc(C)c1N. The predicted molar refractivity (Wildman–Crippen MR) is 66.0 cm³/mol. The molecular formula is C13H16N2O. The van der Waals surface area contributed by atoms with Gasteiger partial charge in [0.2, 0.25) is 0 Å². The second-order valence-corrected chi connectivity index (χ2v) is 3.56. The average Bonchev–Trinajstić information content (AvgIpc) is 2.29. The third kappa shape index (κ3) is 2.34.